The van der Waals surface area contributed by atoms with E-state index in [1.54, 1.807) is 0 Å². The maximum Gasteiger partial charge on any atom is 0.280 e. The Morgan fingerprint density at radius 2 is 1.54 bits per heavy atom. The summed E-state index contributed by atoms with van der Waals surface area (Å²) in [7, 11) is 0. The lowest BCUT2D eigenvalue weighted by Gasteiger charge is -2.21. The Hall–Kier alpha value is -3.54. The summed E-state index contributed by atoms with van der Waals surface area (Å²) in [6, 6.07) is 7.76. The fraction of sp³-hybridized carbons (Fsp3) is 0.130. The third-order valence-electron chi connectivity index (χ3n) is 4.65. The molecule has 0 aliphatic carbocycles. The predicted octanol–water partition coefficient (Wildman–Crippen LogP) is 4.61. The van der Waals surface area contributed by atoms with E-state index in [9.17, 15) is 26.7 Å². The predicted molar refractivity (Wildman–Crippen MR) is 122 cm³/mol. The van der Waals surface area contributed by atoms with E-state index in [0.717, 1.165) is 36.4 Å². The van der Waals surface area contributed by atoms with Crippen LogP contribution in [0.25, 0.3) is 0 Å². The summed E-state index contributed by atoms with van der Waals surface area (Å²) < 4.78 is 67.5. The van der Waals surface area contributed by atoms with Crippen LogP contribution in [0.5, 0.6) is 0 Å². The molecule has 3 aromatic carbocycles. The molecule has 0 bridgehead atoms. The summed E-state index contributed by atoms with van der Waals surface area (Å²) in [5.41, 5.74) is 12.0. The lowest BCUT2D eigenvalue weighted by molar-refractivity contribution is 0.100. The van der Waals surface area contributed by atoms with Gasteiger partial charge in [0.2, 0.25) is 5.96 Å². The van der Waals surface area contributed by atoms with Gasteiger partial charge in [-0.05, 0) is 60.5 Å². The summed E-state index contributed by atoms with van der Waals surface area (Å²) in [6.07, 6.45) is -1.10. The Morgan fingerprint density at radius 1 is 0.886 bits per heavy atom. The van der Waals surface area contributed by atoms with Gasteiger partial charge in [0, 0.05) is 28.4 Å². The molecule has 1 amide bonds. The first kappa shape index (κ1) is 26.1. The van der Waals surface area contributed by atoms with Crippen molar-refractivity contribution < 1.29 is 26.7 Å². The van der Waals surface area contributed by atoms with Gasteiger partial charge in [0.05, 0.1) is 6.17 Å². The number of nitrogens with one attached hydrogen (secondary N) is 2. The van der Waals surface area contributed by atoms with E-state index in [2.05, 4.69) is 15.6 Å². The lowest BCUT2D eigenvalue weighted by atomic mass is 10.0. The molecular formula is C23H19ClF5N5O. The van der Waals surface area contributed by atoms with Gasteiger partial charge in [-0.3, -0.25) is 4.79 Å². The van der Waals surface area contributed by atoms with Crippen LogP contribution in [-0.2, 0) is 0 Å². The fourth-order valence-electron chi connectivity index (χ4n) is 3.09. The van der Waals surface area contributed by atoms with Crippen molar-refractivity contribution in [3.8, 4) is 0 Å². The van der Waals surface area contributed by atoms with Crippen molar-refractivity contribution >= 4 is 29.2 Å². The van der Waals surface area contributed by atoms with Gasteiger partial charge < -0.3 is 22.1 Å². The number of rotatable bonds is 6. The van der Waals surface area contributed by atoms with E-state index in [4.69, 9.17) is 23.1 Å². The van der Waals surface area contributed by atoms with Gasteiger partial charge in [-0.1, -0.05) is 11.6 Å². The van der Waals surface area contributed by atoms with Gasteiger partial charge in [0.1, 0.15) is 17.5 Å². The Morgan fingerprint density at radius 3 is 2.17 bits per heavy atom. The summed E-state index contributed by atoms with van der Waals surface area (Å²) in [6.45, 7) is 0. The largest absolute Gasteiger partial charge is 0.341 e. The molecule has 0 saturated carbocycles. The number of hydrogen-bond acceptors (Lipinski definition) is 3. The fourth-order valence-corrected chi connectivity index (χ4v) is 3.31. The quantitative estimate of drug-likeness (QED) is 0.167. The molecule has 2 unspecified atom stereocenters. The van der Waals surface area contributed by atoms with Crippen LogP contribution >= 0.6 is 11.6 Å². The average molecular weight is 512 g/mol. The second-order valence-corrected chi connectivity index (χ2v) is 7.91. The first-order valence-corrected chi connectivity index (χ1v) is 10.4. The van der Waals surface area contributed by atoms with Crippen molar-refractivity contribution in [2.75, 3.05) is 5.32 Å². The van der Waals surface area contributed by atoms with Crippen molar-refractivity contribution in [3.63, 3.8) is 0 Å². The van der Waals surface area contributed by atoms with Crippen LogP contribution in [0.3, 0.4) is 0 Å². The molecule has 3 aromatic rings. The Kier molecular flexibility index (Phi) is 8.39. The molecule has 0 spiro atoms. The van der Waals surface area contributed by atoms with Gasteiger partial charge in [-0.15, -0.1) is 0 Å². The average Bonchev–Trinajstić information content (AvgIpc) is 2.74. The molecule has 2 atom stereocenters. The molecule has 35 heavy (non-hydrogen) atoms. The molecule has 0 saturated heterocycles. The molecule has 0 aromatic heterocycles. The van der Waals surface area contributed by atoms with E-state index < -0.39 is 47.2 Å². The SMILES string of the molecule is NC(CC(N)c1cc(F)cc(F)c1)N/C(=N\C(=O)c1ccc(F)c(F)c1)Nc1cc(F)cc(Cl)c1. The first-order chi connectivity index (χ1) is 16.5. The highest BCUT2D eigenvalue weighted by molar-refractivity contribution is 6.31. The Bertz CT molecular complexity index is 1230. The highest BCUT2D eigenvalue weighted by atomic mass is 35.5. The van der Waals surface area contributed by atoms with Gasteiger partial charge in [0.25, 0.3) is 5.91 Å². The normalized spacial score (nSPS) is 13.3. The number of nitrogens with two attached hydrogens (primary N) is 2. The van der Waals surface area contributed by atoms with Crippen LogP contribution in [0.4, 0.5) is 27.6 Å². The molecular weight excluding hydrogens is 493 g/mol. The van der Waals surface area contributed by atoms with Gasteiger partial charge in [-0.2, -0.15) is 4.99 Å². The highest BCUT2D eigenvalue weighted by Gasteiger charge is 2.17. The second kappa shape index (κ2) is 11.3. The van der Waals surface area contributed by atoms with Crippen LogP contribution in [0.2, 0.25) is 5.02 Å². The standard InChI is InChI=1S/C23H19ClF5N5O/c24-13-6-16(27)9-17(7-13)32-23(34-22(35)11-1-2-18(28)19(29)5-11)33-21(31)10-20(30)12-3-14(25)8-15(26)4-12/h1-9,20-21H,10,30-31H2,(H2,32,33,34,35). The van der Waals surface area contributed by atoms with E-state index in [1.165, 1.54) is 6.07 Å². The summed E-state index contributed by atoms with van der Waals surface area (Å²) in [5.74, 6) is -6.01. The number of benzene rings is 3. The molecule has 0 fully saturated rings. The van der Waals surface area contributed by atoms with Crippen molar-refractivity contribution in [1.82, 2.24) is 5.32 Å². The van der Waals surface area contributed by atoms with E-state index in [1.807, 2.05) is 0 Å². The molecule has 3 rings (SSSR count). The molecule has 6 N–H and O–H groups in total. The zero-order valence-corrected chi connectivity index (χ0v) is 18.6. The van der Waals surface area contributed by atoms with Gasteiger partial charge >= 0.3 is 0 Å². The zero-order valence-electron chi connectivity index (χ0n) is 17.8. The van der Waals surface area contributed by atoms with Crippen molar-refractivity contribution in [1.29, 1.82) is 0 Å². The van der Waals surface area contributed by atoms with Crippen LogP contribution in [0, 0.1) is 29.1 Å². The van der Waals surface area contributed by atoms with Crippen LogP contribution in [0.1, 0.15) is 28.4 Å². The maximum absolute atomic E-state index is 13.7. The summed E-state index contributed by atoms with van der Waals surface area (Å²) in [5, 5.41) is 5.33. The first-order valence-electron chi connectivity index (χ1n) is 10.0. The number of carbonyl (C=O) groups excluding carboxylic acids is 1. The molecule has 12 heteroatoms. The molecule has 0 heterocycles. The smallest absolute Gasteiger partial charge is 0.280 e. The number of nitrogens with zero attached hydrogens (tertiary/aromatic N) is 1. The topological polar surface area (TPSA) is 106 Å². The minimum absolute atomic E-state index is 0.0400. The lowest BCUT2D eigenvalue weighted by Crippen LogP contribution is -2.46. The van der Waals surface area contributed by atoms with Crippen LogP contribution < -0.4 is 22.1 Å². The van der Waals surface area contributed by atoms with Crippen LogP contribution in [-0.4, -0.2) is 18.0 Å². The van der Waals surface area contributed by atoms with E-state index in [-0.39, 0.29) is 34.2 Å². The number of hydrogen-bond donors (Lipinski definition) is 4. The Balaban J connectivity index is 1.84. The van der Waals surface area contributed by atoms with E-state index >= 15 is 0 Å². The second-order valence-electron chi connectivity index (χ2n) is 7.47. The molecule has 184 valence electrons. The molecule has 6 nitrogen and oxygen atoms in total. The monoisotopic (exact) mass is 511 g/mol. The van der Waals surface area contributed by atoms with Crippen molar-refractivity contribution in [2.24, 2.45) is 16.5 Å². The maximum atomic E-state index is 13.7. The number of carbonyl (C=O) groups is 1. The van der Waals surface area contributed by atoms with Gasteiger partial charge in [0.15, 0.2) is 11.6 Å². The Labute approximate surface area is 201 Å². The summed E-state index contributed by atoms with van der Waals surface area (Å²) >= 11 is 5.85. The minimum atomic E-state index is -1.25. The zero-order chi connectivity index (χ0) is 25.7. The number of amides is 1. The number of halogens is 6. The van der Waals surface area contributed by atoms with Crippen molar-refractivity contribution in [2.45, 2.75) is 18.6 Å². The minimum Gasteiger partial charge on any atom is -0.341 e. The molecule has 0 aliphatic heterocycles. The highest BCUT2D eigenvalue weighted by Crippen LogP contribution is 2.20. The third kappa shape index (κ3) is 7.47. The summed E-state index contributed by atoms with van der Waals surface area (Å²) in [4.78, 5) is 16.3. The molecule has 0 radical (unpaired) electrons. The number of anilines is 1. The van der Waals surface area contributed by atoms with Crippen molar-refractivity contribution in [3.05, 3.63) is 99.8 Å². The number of aliphatic imine (C=N–C) groups is 1. The third-order valence-corrected chi connectivity index (χ3v) is 4.87. The number of guanidine groups is 1. The van der Waals surface area contributed by atoms with Crippen LogP contribution in [0.15, 0.2) is 59.6 Å². The molecule has 0 aliphatic rings. The van der Waals surface area contributed by atoms with E-state index in [0.29, 0.717) is 12.1 Å². The van der Waals surface area contributed by atoms with Gasteiger partial charge in [-0.25, -0.2) is 22.0 Å².